The van der Waals surface area contributed by atoms with Crippen molar-refractivity contribution in [3.05, 3.63) is 65.6 Å². The summed E-state index contributed by atoms with van der Waals surface area (Å²) in [7, 11) is 3.47. The molecule has 0 saturated heterocycles. The summed E-state index contributed by atoms with van der Waals surface area (Å²) in [4.78, 5) is 22.7. The van der Waals surface area contributed by atoms with Crippen LogP contribution >= 0.6 is 0 Å². The van der Waals surface area contributed by atoms with E-state index in [4.69, 9.17) is 5.73 Å². The van der Waals surface area contributed by atoms with Gasteiger partial charge in [0.1, 0.15) is 23.3 Å². The summed E-state index contributed by atoms with van der Waals surface area (Å²) in [6.45, 7) is 0.306. The number of hydrogen-bond acceptors (Lipinski definition) is 3. The van der Waals surface area contributed by atoms with E-state index in [9.17, 15) is 18.0 Å². The number of carbonyl (C=O) groups excluding carboxylic acids is 1. The third kappa shape index (κ3) is 3.63. The average Bonchev–Trinajstić information content (AvgIpc) is 3.33. The van der Waals surface area contributed by atoms with Crippen molar-refractivity contribution in [1.82, 2.24) is 14.0 Å². The number of amides is 1. The number of nitrogens with one attached hydrogen (secondary N) is 2. The first-order valence-corrected chi connectivity index (χ1v) is 10.9. The topological polar surface area (TPSA) is 89.2 Å². The van der Waals surface area contributed by atoms with E-state index < -0.39 is 17.7 Å². The number of nitrogens with zero attached hydrogens (tertiary/aromatic N) is 3. The molecule has 0 fully saturated rings. The molecule has 4 heterocycles. The summed E-state index contributed by atoms with van der Waals surface area (Å²) >= 11 is 0. The van der Waals surface area contributed by atoms with Gasteiger partial charge in [0.15, 0.2) is 5.69 Å². The summed E-state index contributed by atoms with van der Waals surface area (Å²) < 4.78 is 56.5. The Morgan fingerprint density at radius 3 is 2.74 bits per heavy atom. The molecule has 1 amide bonds. The Hall–Kier alpha value is -3.86. The number of benzene rings is 1. The van der Waals surface area contributed by atoms with E-state index in [1.165, 1.54) is 18.5 Å². The van der Waals surface area contributed by atoms with Gasteiger partial charge in [-0.1, -0.05) is 4.98 Å². The number of aromatic nitrogens is 4. The smallest absolute Gasteiger partial charge is 0.369 e. The van der Waals surface area contributed by atoms with Crippen LogP contribution in [0.15, 0.2) is 42.9 Å². The zero-order valence-electron chi connectivity index (χ0n) is 19.0. The van der Waals surface area contributed by atoms with E-state index in [0.29, 0.717) is 46.4 Å². The van der Waals surface area contributed by atoms with Crippen LogP contribution in [0.5, 0.6) is 0 Å². The van der Waals surface area contributed by atoms with E-state index in [-0.39, 0.29) is 28.3 Å². The monoisotopic (exact) mass is 487 g/mol. The number of aryl methyl sites for hydroxylation is 1. The second-order valence-electron chi connectivity index (χ2n) is 8.91. The number of nitrogens with two attached hydrogens (primary N) is 1. The van der Waals surface area contributed by atoms with Crippen LogP contribution in [0.4, 0.5) is 29.1 Å². The highest BCUT2D eigenvalue weighted by Gasteiger charge is 2.44. The molecule has 1 aliphatic rings. The fraction of sp³-hybridized carbons (Fsp3) is 0.250. The molecule has 0 aliphatic carbocycles. The highest BCUT2D eigenvalue weighted by molar-refractivity contribution is 6.00. The Labute approximate surface area is 197 Å². The SMILES string of the molecule is Cn1cc(-c2ccc3c(c2F)CC[N+]3(C)C(=O)Cc2cccc(C(F)(F)F)[nH+]2)c2c(N)nc[nH+]c21. The van der Waals surface area contributed by atoms with Crippen LogP contribution in [0.25, 0.3) is 22.2 Å². The lowest BCUT2D eigenvalue weighted by Crippen LogP contribution is -2.50. The van der Waals surface area contributed by atoms with Gasteiger partial charge in [-0.05, 0) is 12.1 Å². The normalized spacial score (nSPS) is 17.7. The molecule has 0 saturated carbocycles. The number of carbonyl (C=O) groups is 1. The fourth-order valence-electron chi connectivity index (χ4n) is 4.85. The Morgan fingerprint density at radius 2 is 2.00 bits per heavy atom. The third-order valence-electron chi connectivity index (χ3n) is 6.75. The summed E-state index contributed by atoms with van der Waals surface area (Å²) in [5.41, 5.74) is 7.82. The van der Waals surface area contributed by atoms with E-state index in [1.807, 2.05) is 7.05 Å². The lowest BCUT2D eigenvalue weighted by Gasteiger charge is -2.26. The number of nitrogen functional groups attached to an aromatic ring is 1. The Bertz CT molecular complexity index is 1500. The number of rotatable bonds is 3. The van der Waals surface area contributed by atoms with Crippen LogP contribution in [0.1, 0.15) is 17.0 Å². The van der Waals surface area contributed by atoms with Crippen LogP contribution in [-0.2, 0) is 30.9 Å². The number of alkyl halides is 3. The maximum absolute atomic E-state index is 15.8. The molecule has 4 N–H and O–H groups in total. The van der Waals surface area contributed by atoms with E-state index >= 15 is 4.39 Å². The molecule has 1 aromatic carbocycles. The van der Waals surface area contributed by atoms with Gasteiger partial charge in [0.2, 0.25) is 17.8 Å². The minimum absolute atomic E-state index is 0.143. The van der Waals surface area contributed by atoms with Crippen LogP contribution in [-0.4, -0.2) is 29.1 Å². The fourth-order valence-corrected chi connectivity index (χ4v) is 4.85. The molecule has 35 heavy (non-hydrogen) atoms. The second-order valence-corrected chi connectivity index (χ2v) is 8.91. The minimum Gasteiger partial charge on any atom is -0.369 e. The largest absolute Gasteiger partial charge is 0.477 e. The first-order chi connectivity index (χ1) is 16.5. The maximum atomic E-state index is 15.8. The highest BCUT2D eigenvalue weighted by atomic mass is 19.4. The molecule has 1 aliphatic heterocycles. The molecular weight excluding hydrogens is 464 g/mol. The van der Waals surface area contributed by atoms with Gasteiger partial charge in [0, 0.05) is 35.7 Å². The molecular formula is C24H23F4N6O+3. The Morgan fingerprint density at radius 1 is 1.23 bits per heavy atom. The highest BCUT2D eigenvalue weighted by Crippen LogP contribution is 2.41. The van der Waals surface area contributed by atoms with Crippen molar-refractivity contribution in [1.29, 1.82) is 0 Å². The number of anilines is 1. The number of halogens is 4. The number of aromatic amines is 2. The van der Waals surface area contributed by atoms with Crippen molar-refractivity contribution in [2.24, 2.45) is 7.05 Å². The third-order valence-corrected chi connectivity index (χ3v) is 6.75. The van der Waals surface area contributed by atoms with E-state index in [1.54, 1.807) is 29.9 Å². The van der Waals surface area contributed by atoms with Gasteiger partial charge in [0.25, 0.3) is 5.69 Å². The Kier molecular flexibility index (Phi) is 5.13. The van der Waals surface area contributed by atoms with E-state index in [0.717, 1.165) is 6.07 Å². The van der Waals surface area contributed by atoms with Gasteiger partial charge in [-0.2, -0.15) is 13.2 Å². The zero-order chi connectivity index (χ0) is 25.1. The molecule has 1 atom stereocenters. The first kappa shape index (κ1) is 22.9. The van der Waals surface area contributed by atoms with Gasteiger partial charge in [-0.25, -0.2) is 23.6 Å². The number of quaternary nitrogens is 1. The molecule has 0 spiro atoms. The number of pyridine rings is 1. The van der Waals surface area contributed by atoms with Crippen molar-refractivity contribution >= 4 is 28.4 Å². The quantitative estimate of drug-likeness (QED) is 0.356. The van der Waals surface area contributed by atoms with Gasteiger partial charge in [-0.3, -0.25) is 4.57 Å². The predicted octanol–water partition coefficient (Wildman–Crippen LogP) is 2.87. The van der Waals surface area contributed by atoms with Crippen LogP contribution in [0, 0.1) is 5.82 Å². The van der Waals surface area contributed by atoms with Crippen LogP contribution < -0.4 is 20.2 Å². The first-order valence-electron chi connectivity index (χ1n) is 10.9. The molecule has 4 aromatic rings. The minimum atomic E-state index is -4.55. The molecule has 180 valence electrons. The van der Waals surface area contributed by atoms with Crippen LogP contribution in [0.3, 0.4) is 0 Å². The molecule has 7 nitrogen and oxygen atoms in total. The Balaban J connectivity index is 1.52. The summed E-state index contributed by atoms with van der Waals surface area (Å²) in [5.74, 6) is -0.513. The average molecular weight is 487 g/mol. The lowest BCUT2D eigenvalue weighted by molar-refractivity contribution is -0.434. The van der Waals surface area contributed by atoms with Crippen molar-refractivity contribution in [2.45, 2.75) is 19.0 Å². The number of fused-ring (bicyclic) bond motifs is 2. The number of H-pyrrole nitrogens is 2. The van der Waals surface area contributed by atoms with Gasteiger partial charge in [0.05, 0.1) is 32.4 Å². The lowest BCUT2D eigenvalue weighted by atomic mass is 10.0. The van der Waals surface area contributed by atoms with Crippen molar-refractivity contribution < 1.29 is 32.3 Å². The molecule has 1 unspecified atom stereocenters. The van der Waals surface area contributed by atoms with Gasteiger partial charge >= 0.3 is 12.1 Å². The molecule has 5 rings (SSSR count). The van der Waals surface area contributed by atoms with Crippen molar-refractivity contribution in [3.8, 4) is 11.1 Å². The standard InChI is InChI=1S/C24H21F4N6O/c1-33-11-16(20-22(29)30-12-31-23(20)33)14-6-7-17-15(21(14)25)8-9-34(17,2)19(35)10-13-4-3-5-18(32-13)24(26,27)28/h3-7,11-12H,8-10H2,1-2H3,(H2,29,30,31)/q+1/p+2. The second kappa shape index (κ2) is 7.84. The maximum Gasteiger partial charge on any atom is 0.477 e. The van der Waals surface area contributed by atoms with Gasteiger partial charge in [-0.15, -0.1) is 0 Å². The molecule has 3 aromatic heterocycles. The summed E-state index contributed by atoms with van der Waals surface area (Å²) in [6, 6.07) is 6.94. The zero-order valence-corrected chi connectivity index (χ0v) is 19.0. The van der Waals surface area contributed by atoms with Crippen molar-refractivity contribution in [2.75, 3.05) is 19.3 Å². The molecule has 11 heteroatoms. The van der Waals surface area contributed by atoms with Gasteiger partial charge < -0.3 is 5.73 Å². The summed E-state index contributed by atoms with van der Waals surface area (Å²) in [5, 5.41) is 0.597. The predicted molar refractivity (Wildman–Crippen MR) is 120 cm³/mol. The molecule has 0 bridgehead atoms. The molecule has 0 radical (unpaired) electrons. The van der Waals surface area contributed by atoms with E-state index in [2.05, 4.69) is 15.0 Å². The summed E-state index contributed by atoms with van der Waals surface area (Å²) in [6.07, 6.45) is -1.24. The van der Waals surface area contributed by atoms with Crippen molar-refractivity contribution in [3.63, 3.8) is 0 Å². The van der Waals surface area contributed by atoms with Crippen LogP contribution in [0.2, 0.25) is 0 Å². The number of hydrogen-bond donors (Lipinski definition) is 1. The number of likely N-dealkylation sites (N-methyl/N-ethyl adjacent to an activating group) is 1.